The van der Waals surface area contributed by atoms with Crippen LogP contribution in [0, 0.1) is 5.41 Å². The monoisotopic (exact) mass is 439 g/mol. The number of carbonyl (C=O) groups is 3. The van der Waals surface area contributed by atoms with Crippen molar-refractivity contribution in [1.82, 2.24) is 9.80 Å². The Balaban J connectivity index is 1.60. The highest BCUT2D eigenvalue weighted by atomic mass is 35.5. The Kier molecular flexibility index (Phi) is 5.52. The number of hydrogen-bond donors (Lipinski definition) is 1. The maximum absolute atomic E-state index is 13.4. The lowest BCUT2D eigenvalue weighted by Gasteiger charge is -2.40. The van der Waals surface area contributed by atoms with Gasteiger partial charge in [-0.2, -0.15) is 0 Å². The van der Waals surface area contributed by atoms with E-state index in [1.165, 1.54) is 0 Å². The molecule has 4 rings (SSSR count). The third-order valence-electron chi connectivity index (χ3n) is 5.66. The van der Waals surface area contributed by atoms with Crippen molar-refractivity contribution in [1.29, 1.82) is 0 Å². The number of nitrogens with zero attached hydrogens (tertiary/aromatic N) is 2. The predicted molar refractivity (Wildman–Crippen MR) is 121 cm³/mol. The molecule has 0 spiro atoms. The summed E-state index contributed by atoms with van der Waals surface area (Å²) in [5.74, 6) is -0.448. The zero-order valence-corrected chi connectivity index (χ0v) is 18.7. The van der Waals surface area contributed by atoms with Crippen LogP contribution >= 0.6 is 11.6 Å². The number of hydrogen-bond acceptors (Lipinski definition) is 3. The van der Waals surface area contributed by atoms with Crippen molar-refractivity contribution < 1.29 is 14.4 Å². The number of piperazine rings is 1. The van der Waals surface area contributed by atoms with Gasteiger partial charge >= 0.3 is 0 Å². The van der Waals surface area contributed by atoms with Crippen LogP contribution in [0.5, 0.6) is 0 Å². The molecule has 1 saturated heterocycles. The van der Waals surface area contributed by atoms with Gasteiger partial charge in [0.2, 0.25) is 11.8 Å². The molecule has 0 aromatic heterocycles. The van der Waals surface area contributed by atoms with Crippen LogP contribution in [-0.4, -0.2) is 53.2 Å². The van der Waals surface area contributed by atoms with Crippen molar-refractivity contribution in [2.24, 2.45) is 5.41 Å². The molecule has 162 valence electrons. The second kappa shape index (κ2) is 8.00. The van der Waals surface area contributed by atoms with E-state index in [0.29, 0.717) is 35.8 Å². The van der Waals surface area contributed by atoms with E-state index in [0.717, 1.165) is 11.1 Å². The maximum atomic E-state index is 13.4. The fraction of sp³-hybridized carbons (Fsp3) is 0.375. The highest BCUT2D eigenvalue weighted by molar-refractivity contribution is 6.30. The van der Waals surface area contributed by atoms with E-state index in [1.807, 2.05) is 39.0 Å². The molecule has 0 bridgehead atoms. The van der Waals surface area contributed by atoms with Gasteiger partial charge in [0.1, 0.15) is 6.04 Å². The van der Waals surface area contributed by atoms with Crippen molar-refractivity contribution in [2.45, 2.75) is 33.2 Å². The van der Waals surface area contributed by atoms with Crippen LogP contribution in [0.15, 0.2) is 42.5 Å². The Morgan fingerprint density at radius 1 is 1.06 bits per heavy atom. The maximum Gasteiger partial charge on any atom is 0.256 e. The average molecular weight is 440 g/mol. The van der Waals surface area contributed by atoms with Crippen LogP contribution in [-0.2, 0) is 9.59 Å². The molecule has 1 N–H and O–H groups in total. The highest BCUT2D eigenvalue weighted by Gasteiger charge is 2.40. The van der Waals surface area contributed by atoms with Crippen molar-refractivity contribution in [3.05, 3.63) is 53.1 Å². The van der Waals surface area contributed by atoms with E-state index >= 15 is 0 Å². The number of carbonyl (C=O) groups excluding carboxylic acids is 3. The normalized spacial score (nSPS) is 18.8. The van der Waals surface area contributed by atoms with Gasteiger partial charge in [-0.15, -0.1) is 0 Å². The first-order chi connectivity index (χ1) is 14.6. The van der Waals surface area contributed by atoms with E-state index in [-0.39, 0.29) is 29.7 Å². The van der Waals surface area contributed by atoms with Gasteiger partial charge in [-0.25, -0.2) is 0 Å². The Morgan fingerprint density at radius 3 is 2.42 bits per heavy atom. The second-order valence-corrected chi connectivity index (χ2v) is 9.78. The molecule has 2 aliphatic heterocycles. The first kappa shape index (κ1) is 21.4. The van der Waals surface area contributed by atoms with Crippen molar-refractivity contribution in [3.63, 3.8) is 0 Å². The number of benzene rings is 2. The lowest BCUT2D eigenvalue weighted by molar-refractivity contribution is -0.137. The first-order valence-electron chi connectivity index (χ1n) is 10.4. The molecule has 2 aromatic rings. The molecule has 0 radical (unpaired) electrons. The molecule has 7 heteroatoms. The van der Waals surface area contributed by atoms with Crippen LogP contribution in [0.4, 0.5) is 5.69 Å². The number of anilines is 1. The summed E-state index contributed by atoms with van der Waals surface area (Å²) in [7, 11) is 0. The first-order valence-corrected chi connectivity index (χ1v) is 10.8. The summed E-state index contributed by atoms with van der Waals surface area (Å²) in [5.41, 5.74) is 2.62. The molecular formula is C24H26ClN3O3. The van der Waals surface area contributed by atoms with Gasteiger partial charge < -0.3 is 15.1 Å². The van der Waals surface area contributed by atoms with Crippen LogP contribution in [0.25, 0.3) is 11.1 Å². The van der Waals surface area contributed by atoms with E-state index < -0.39 is 6.04 Å². The summed E-state index contributed by atoms with van der Waals surface area (Å²) >= 11 is 5.98. The molecule has 6 nitrogen and oxygen atoms in total. The van der Waals surface area contributed by atoms with Gasteiger partial charge in [0, 0.05) is 24.5 Å². The third-order valence-corrected chi connectivity index (χ3v) is 5.92. The fourth-order valence-corrected chi connectivity index (χ4v) is 4.19. The van der Waals surface area contributed by atoms with E-state index in [4.69, 9.17) is 11.6 Å². The molecule has 0 aliphatic carbocycles. The molecule has 1 fully saturated rings. The van der Waals surface area contributed by atoms with Gasteiger partial charge in [0.05, 0.1) is 17.8 Å². The minimum absolute atomic E-state index is 0.0131. The molecule has 2 aliphatic rings. The SMILES string of the molecule is CC(C)(C)CC(=O)N1CCN2C(=O)c3cc(-c4ccc(Cl)cc4)ccc3NC(=O)C2C1. The summed E-state index contributed by atoms with van der Waals surface area (Å²) in [6, 6.07) is 12.1. The molecule has 0 saturated carbocycles. The molecule has 2 aromatic carbocycles. The largest absolute Gasteiger partial charge is 0.338 e. The number of nitrogens with one attached hydrogen (secondary N) is 1. The highest BCUT2D eigenvalue weighted by Crippen LogP contribution is 2.31. The van der Waals surface area contributed by atoms with E-state index in [9.17, 15) is 14.4 Å². The van der Waals surface area contributed by atoms with E-state index in [2.05, 4.69) is 5.32 Å². The molecule has 1 unspecified atom stereocenters. The lowest BCUT2D eigenvalue weighted by atomic mass is 9.91. The minimum Gasteiger partial charge on any atom is -0.338 e. The van der Waals surface area contributed by atoms with Crippen molar-refractivity contribution in [3.8, 4) is 11.1 Å². The lowest BCUT2D eigenvalue weighted by Crippen LogP contribution is -2.59. The van der Waals surface area contributed by atoms with Crippen molar-refractivity contribution >= 4 is 35.0 Å². The summed E-state index contributed by atoms with van der Waals surface area (Å²) in [6.45, 7) is 7.01. The Hall–Kier alpha value is -2.86. The second-order valence-electron chi connectivity index (χ2n) is 9.35. The molecule has 2 heterocycles. The summed E-state index contributed by atoms with van der Waals surface area (Å²) in [4.78, 5) is 42.3. The summed E-state index contributed by atoms with van der Waals surface area (Å²) in [6.07, 6.45) is 0.403. The van der Waals surface area contributed by atoms with E-state index in [1.54, 1.807) is 34.1 Å². The van der Waals surface area contributed by atoms with Gasteiger partial charge in [-0.1, -0.05) is 50.6 Å². The van der Waals surface area contributed by atoms with Gasteiger partial charge in [-0.05, 0) is 40.8 Å². The van der Waals surface area contributed by atoms with Crippen LogP contribution in [0.1, 0.15) is 37.6 Å². The van der Waals surface area contributed by atoms with Gasteiger partial charge in [-0.3, -0.25) is 14.4 Å². The predicted octanol–water partition coefficient (Wildman–Crippen LogP) is 4.05. The Bertz CT molecular complexity index is 1040. The fourth-order valence-electron chi connectivity index (χ4n) is 4.07. The zero-order chi connectivity index (χ0) is 22.3. The van der Waals surface area contributed by atoms with Crippen LogP contribution < -0.4 is 5.32 Å². The molecule has 3 amide bonds. The smallest absolute Gasteiger partial charge is 0.256 e. The van der Waals surface area contributed by atoms with Crippen molar-refractivity contribution in [2.75, 3.05) is 25.0 Å². The standard InChI is InChI=1S/C24H26ClN3O3/c1-24(2,3)13-21(29)27-10-11-28-20(14-27)22(30)26-19-9-6-16(12-18(19)23(28)31)15-4-7-17(25)8-5-15/h4-9,12,20H,10-11,13-14H2,1-3H3,(H,26,30). The summed E-state index contributed by atoms with van der Waals surface area (Å²) in [5, 5.41) is 3.53. The Labute approximate surface area is 187 Å². The Morgan fingerprint density at radius 2 is 1.74 bits per heavy atom. The molecule has 31 heavy (non-hydrogen) atoms. The molecule has 1 atom stereocenters. The zero-order valence-electron chi connectivity index (χ0n) is 17.9. The number of rotatable bonds is 2. The topological polar surface area (TPSA) is 69.7 Å². The average Bonchev–Trinajstić information content (AvgIpc) is 2.82. The summed E-state index contributed by atoms with van der Waals surface area (Å²) < 4.78 is 0. The van der Waals surface area contributed by atoms with Crippen LogP contribution in [0.3, 0.4) is 0 Å². The number of fused-ring (bicyclic) bond motifs is 2. The molecular weight excluding hydrogens is 414 g/mol. The minimum atomic E-state index is -0.698. The quantitative estimate of drug-likeness (QED) is 0.767. The van der Waals surface area contributed by atoms with Gasteiger partial charge in [0.15, 0.2) is 0 Å². The number of halogens is 1. The number of amides is 3. The third kappa shape index (κ3) is 4.44. The van der Waals surface area contributed by atoms with Crippen LogP contribution in [0.2, 0.25) is 5.02 Å². The van der Waals surface area contributed by atoms with Gasteiger partial charge in [0.25, 0.3) is 5.91 Å².